The first-order valence-electron chi connectivity index (χ1n) is 11.5. The van der Waals surface area contributed by atoms with Gasteiger partial charge in [-0.1, -0.05) is 26.3 Å². The van der Waals surface area contributed by atoms with Crippen LogP contribution in [0.15, 0.2) is 24.4 Å². The molecule has 1 saturated heterocycles. The Kier molecular flexibility index (Phi) is 5.85. The third kappa shape index (κ3) is 4.42. The van der Waals surface area contributed by atoms with E-state index >= 15 is 0 Å². The van der Waals surface area contributed by atoms with E-state index in [9.17, 15) is 0 Å². The molecule has 2 aliphatic heterocycles. The van der Waals surface area contributed by atoms with Crippen molar-refractivity contribution in [3.05, 3.63) is 24.4 Å². The topological polar surface area (TPSA) is 74.7 Å². The first kappa shape index (κ1) is 20.4. The first-order chi connectivity index (χ1) is 15.2. The van der Waals surface area contributed by atoms with Gasteiger partial charge in [0.05, 0.1) is 18.8 Å². The van der Waals surface area contributed by atoms with Crippen LogP contribution in [-0.2, 0) is 4.74 Å². The zero-order valence-corrected chi connectivity index (χ0v) is 18.3. The van der Waals surface area contributed by atoms with Crippen molar-refractivity contribution in [1.82, 2.24) is 9.97 Å². The van der Waals surface area contributed by atoms with E-state index in [-0.39, 0.29) is 6.10 Å². The lowest BCUT2D eigenvalue weighted by Crippen LogP contribution is -2.37. The second kappa shape index (κ2) is 8.91. The maximum absolute atomic E-state index is 6.30. The average molecular weight is 426 g/mol. The fraction of sp³-hybridized carbons (Fsp3) is 0.583. The Bertz CT molecular complexity index is 906. The van der Waals surface area contributed by atoms with Crippen molar-refractivity contribution in [3.8, 4) is 28.5 Å². The molecule has 2 unspecified atom stereocenters. The molecular formula is C24H31N3O4. The maximum Gasteiger partial charge on any atom is 0.226 e. The molecule has 1 aromatic heterocycles. The molecule has 0 bridgehead atoms. The minimum Gasteiger partial charge on any atom is -0.486 e. The van der Waals surface area contributed by atoms with Crippen molar-refractivity contribution in [1.29, 1.82) is 0 Å². The summed E-state index contributed by atoms with van der Waals surface area (Å²) in [5.41, 5.74) is 1.79. The molecular weight excluding hydrogens is 394 g/mol. The quantitative estimate of drug-likeness (QED) is 0.765. The summed E-state index contributed by atoms with van der Waals surface area (Å²) in [6.07, 6.45) is 6.49. The number of nitrogens with one attached hydrogen (secondary N) is 1. The normalized spacial score (nSPS) is 27.7. The van der Waals surface area contributed by atoms with Gasteiger partial charge >= 0.3 is 0 Å². The molecule has 3 aliphatic rings. The SMILES string of the molecule is CC1CCCC(C)C1Nc1ncc(-c2ccc3c(c2)OCCO3)c(O[C@@H]2CCOC2)n1. The van der Waals surface area contributed by atoms with E-state index in [4.69, 9.17) is 23.9 Å². The zero-order chi connectivity index (χ0) is 21.2. The number of hydrogen-bond donors (Lipinski definition) is 1. The lowest BCUT2D eigenvalue weighted by molar-refractivity contribution is 0.138. The highest BCUT2D eigenvalue weighted by molar-refractivity contribution is 5.71. The number of hydrogen-bond acceptors (Lipinski definition) is 7. The minimum absolute atomic E-state index is 0.00578. The van der Waals surface area contributed by atoms with Crippen LogP contribution in [0.25, 0.3) is 11.1 Å². The summed E-state index contributed by atoms with van der Waals surface area (Å²) in [6.45, 7) is 7.05. The standard InChI is InChI=1S/C24H31N3O4/c1-15-4-3-5-16(2)22(15)26-24-25-13-19(23(27-24)31-18-8-9-28-14-18)17-6-7-20-21(12-17)30-11-10-29-20/h6-7,12-13,15-16,18,22H,3-5,8-11,14H2,1-2H3,(H,25,26,27)/t15?,16?,18-,22?/m1/s1. The van der Waals surface area contributed by atoms with E-state index in [1.165, 1.54) is 19.3 Å². The van der Waals surface area contributed by atoms with E-state index in [0.29, 0.717) is 49.5 Å². The Balaban J connectivity index is 1.45. The summed E-state index contributed by atoms with van der Waals surface area (Å²) in [4.78, 5) is 9.48. The Hall–Kier alpha value is -2.54. The van der Waals surface area contributed by atoms with Crippen molar-refractivity contribution in [2.24, 2.45) is 11.8 Å². The molecule has 7 nitrogen and oxygen atoms in total. The van der Waals surface area contributed by atoms with E-state index in [1.807, 2.05) is 24.4 Å². The van der Waals surface area contributed by atoms with Gasteiger partial charge in [0.15, 0.2) is 11.5 Å². The molecule has 7 heteroatoms. The predicted octanol–water partition coefficient (Wildman–Crippen LogP) is 4.32. The summed E-state index contributed by atoms with van der Waals surface area (Å²) in [7, 11) is 0. The smallest absolute Gasteiger partial charge is 0.226 e. The van der Waals surface area contributed by atoms with Crippen molar-refractivity contribution in [2.45, 2.75) is 51.7 Å². The Morgan fingerprint density at radius 2 is 1.81 bits per heavy atom. The fourth-order valence-electron chi connectivity index (χ4n) is 4.81. The van der Waals surface area contributed by atoms with Crippen molar-refractivity contribution < 1.29 is 18.9 Å². The highest BCUT2D eigenvalue weighted by atomic mass is 16.6. The molecule has 0 spiro atoms. The molecule has 1 aliphatic carbocycles. The van der Waals surface area contributed by atoms with Crippen LogP contribution in [0, 0.1) is 11.8 Å². The van der Waals surface area contributed by atoms with Gasteiger partial charge in [-0.05, 0) is 42.4 Å². The van der Waals surface area contributed by atoms with Crippen LogP contribution >= 0.6 is 0 Å². The van der Waals surface area contributed by atoms with Gasteiger partial charge in [0.25, 0.3) is 0 Å². The average Bonchev–Trinajstić information content (AvgIpc) is 3.29. The monoisotopic (exact) mass is 425 g/mol. The van der Waals surface area contributed by atoms with Crippen LogP contribution in [0.3, 0.4) is 0 Å². The predicted molar refractivity (Wildman–Crippen MR) is 118 cm³/mol. The first-order valence-corrected chi connectivity index (χ1v) is 11.5. The van der Waals surface area contributed by atoms with Gasteiger partial charge in [0.2, 0.25) is 11.8 Å². The van der Waals surface area contributed by atoms with Gasteiger partial charge in [0.1, 0.15) is 19.3 Å². The highest BCUT2D eigenvalue weighted by Crippen LogP contribution is 2.38. The number of ether oxygens (including phenoxy) is 4. The van der Waals surface area contributed by atoms with E-state index in [0.717, 1.165) is 35.7 Å². The van der Waals surface area contributed by atoms with Crippen molar-refractivity contribution in [2.75, 3.05) is 31.7 Å². The van der Waals surface area contributed by atoms with Gasteiger partial charge in [-0.3, -0.25) is 0 Å². The molecule has 2 fully saturated rings. The molecule has 3 heterocycles. The van der Waals surface area contributed by atoms with Crippen molar-refractivity contribution in [3.63, 3.8) is 0 Å². The van der Waals surface area contributed by atoms with E-state index in [2.05, 4.69) is 24.1 Å². The van der Waals surface area contributed by atoms with Gasteiger partial charge in [-0.2, -0.15) is 4.98 Å². The Morgan fingerprint density at radius 3 is 2.58 bits per heavy atom. The molecule has 1 saturated carbocycles. The Morgan fingerprint density at radius 1 is 1.00 bits per heavy atom. The van der Waals surface area contributed by atoms with E-state index in [1.54, 1.807) is 0 Å². The summed E-state index contributed by atoms with van der Waals surface area (Å²) in [5, 5.41) is 3.60. The summed E-state index contributed by atoms with van der Waals surface area (Å²) in [5.74, 6) is 3.91. The number of nitrogens with zero attached hydrogens (tertiary/aromatic N) is 2. The molecule has 1 N–H and O–H groups in total. The number of rotatable bonds is 5. The molecule has 0 radical (unpaired) electrons. The number of fused-ring (bicyclic) bond motifs is 1. The van der Waals surface area contributed by atoms with Crippen LogP contribution in [-0.4, -0.2) is 48.5 Å². The zero-order valence-electron chi connectivity index (χ0n) is 18.3. The van der Waals surface area contributed by atoms with Gasteiger partial charge in [-0.25, -0.2) is 4.98 Å². The maximum atomic E-state index is 6.30. The largest absolute Gasteiger partial charge is 0.486 e. The second-order valence-corrected chi connectivity index (χ2v) is 8.93. The number of benzene rings is 1. The molecule has 166 valence electrons. The molecule has 0 amide bonds. The van der Waals surface area contributed by atoms with E-state index < -0.39 is 0 Å². The van der Waals surface area contributed by atoms with Crippen molar-refractivity contribution >= 4 is 5.95 Å². The number of aromatic nitrogens is 2. The summed E-state index contributed by atoms with van der Waals surface area (Å²) in [6, 6.07) is 6.28. The molecule has 5 rings (SSSR count). The molecule has 2 aromatic rings. The lowest BCUT2D eigenvalue weighted by Gasteiger charge is -2.35. The van der Waals surface area contributed by atoms with Gasteiger partial charge < -0.3 is 24.3 Å². The lowest BCUT2D eigenvalue weighted by atomic mass is 9.79. The number of anilines is 1. The summed E-state index contributed by atoms with van der Waals surface area (Å²) >= 11 is 0. The second-order valence-electron chi connectivity index (χ2n) is 8.93. The summed E-state index contributed by atoms with van der Waals surface area (Å²) < 4.78 is 23.2. The van der Waals surface area contributed by atoms with Gasteiger partial charge in [-0.15, -0.1) is 0 Å². The van der Waals surface area contributed by atoms with Crippen LogP contribution in [0.2, 0.25) is 0 Å². The molecule has 1 aromatic carbocycles. The third-order valence-electron chi connectivity index (χ3n) is 6.61. The van der Waals surface area contributed by atoms with Crippen LogP contribution in [0.5, 0.6) is 17.4 Å². The van der Waals surface area contributed by atoms with Gasteiger partial charge in [0, 0.05) is 18.7 Å². The van der Waals surface area contributed by atoms with Crippen LogP contribution in [0.4, 0.5) is 5.95 Å². The Labute approximate surface area is 183 Å². The molecule has 31 heavy (non-hydrogen) atoms. The fourth-order valence-corrected chi connectivity index (χ4v) is 4.81. The third-order valence-corrected chi connectivity index (χ3v) is 6.61. The highest BCUT2D eigenvalue weighted by Gasteiger charge is 2.29. The van der Waals surface area contributed by atoms with Crippen LogP contribution < -0.4 is 19.5 Å². The minimum atomic E-state index is 0.00578. The van der Waals surface area contributed by atoms with Crippen LogP contribution in [0.1, 0.15) is 39.5 Å². The molecule has 3 atom stereocenters.